The molecule has 1 rings (SSSR count). The summed E-state index contributed by atoms with van der Waals surface area (Å²) in [6, 6.07) is 7.58. The van der Waals surface area contributed by atoms with Crippen LogP contribution in [-0.2, 0) is 16.1 Å². The van der Waals surface area contributed by atoms with Gasteiger partial charge in [-0.3, -0.25) is 9.79 Å². The average molecular weight is 492 g/mol. The Labute approximate surface area is 179 Å². The van der Waals surface area contributed by atoms with Gasteiger partial charge in [-0.25, -0.2) is 0 Å². The lowest BCUT2D eigenvalue weighted by molar-refractivity contribution is -0.120. The highest BCUT2D eigenvalue weighted by atomic mass is 127. The number of nitrogens with zero attached hydrogens (tertiary/aromatic N) is 1. The van der Waals surface area contributed by atoms with Crippen LogP contribution in [-0.4, -0.2) is 52.3 Å². The Hall–Kier alpha value is -1.55. The Morgan fingerprint density at radius 3 is 2.22 bits per heavy atom. The van der Waals surface area contributed by atoms with Crippen LogP contribution >= 0.6 is 24.0 Å². The number of amides is 1. The van der Waals surface area contributed by atoms with E-state index in [2.05, 4.69) is 41.7 Å². The number of benzene rings is 1. The first-order chi connectivity index (χ1) is 12.3. The van der Waals surface area contributed by atoms with Crippen molar-refractivity contribution in [2.75, 3.05) is 34.4 Å². The molecule has 8 heteroatoms. The second kappa shape index (κ2) is 12.8. The summed E-state index contributed by atoms with van der Waals surface area (Å²) in [5, 5.41) is 9.06. The number of aliphatic imine (C=N–C) groups is 1. The average Bonchev–Trinajstić information content (AvgIpc) is 2.62. The highest BCUT2D eigenvalue weighted by molar-refractivity contribution is 14.0. The fourth-order valence-electron chi connectivity index (χ4n) is 2.32. The number of guanidine groups is 1. The molecule has 0 saturated heterocycles. The third-order valence-electron chi connectivity index (χ3n) is 3.99. The Morgan fingerprint density at radius 2 is 1.74 bits per heavy atom. The van der Waals surface area contributed by atoms with E-state index in [1.165, 1.54) is 0 Å². The van der Waals surface area contributed by atoms with Crippen LogP contribution in [0.25, 0.3) is 0 Å². The molecule has 154 valence electrons. The molecule has 0 radical (unpaired) electrons. The third-order valence-corrected chi connectivity index (χ3v) is 3.99. The van der Waals surface area contributed by atoms with Crippen LogP contribution in [0, 0.1) is 5.41 Å². The summed E-state index contributed by atoms with van der Waals surface area (Å²) < 4.78 is 10.6. The number of methoxy groups -OCH3 is 2. The van der Waals surface area contributed by atoms with Crippen molar-refractivity contribution in [3.05, 3.63) is 29.8 Å². The lowest BCUT2D eigenvalue weighted by atomic mass is 9.89. The van der Waals surface area contributed by atoms with E-state index < -0.39 is 0 Å². The zero-order chi connectivity index (χ0) is 19.6. The van der Waals surface area contributed by atoms with Gasteiger partial charge >= 0.3 is 0 Å². The number of nitrogens with one attached hydrogen (secondary N) is 3. The smallest absolute Gasteiger partial charge is 0.239 e. The summed E-state index contributed by atoms with van der Waals surface area (Å²) >= 11 is 0. The third kappa shape index (κ3) is 9.81. The zero-order valence-electron chi connectivity index (χ0n) is 17.1. The van der Waals surface area contributed by atoms with Crippen LogP contribution in [0.5, 0.6) is 5.75 Å². The molecular weight excluding hydrogens is 459 g/mol. The van der Waals surface area contributed by atoms with E-state index in [-0.39, 0.29) is 47.9 Å². The molecule has 0 aliphatic rings. The molecule has 0 aliphatic heterocycles. The van der Waals surface area contributed by atoms with Crippen LogP contribution in [0.15, 0.2) is 29.3 Å². The lowest BCUT2D eigenvalue weighted by Crippen LogP contribution is -2.47. The summed E-state index contributed by atoms with van der Waals surface area (Å²) in [7, 11) is 4.99. The first-order valence-corrected chi connectivity index (χ1v) is 8.67. The van der Waals surface area contributed by atoms with Gasteiger partial charge in [0.05, 0.1) is 19.8 Å². The van der Waals surface area contributed by atoms with Gasteiger partial charge in [0, 0.05) is 27.2 Å². The number of hydrogen-bond donors (Lipinski definition) is 3. The van der Waals surface area contributed by atoms with Crippen LogP contribution in [0.4, 0.5) is 0 Å². The summed E-state index contributed by atoms with van der Waals surface area (Å²) in [4.78, 5) is 16.1. The Balaban J connectivity index is 0.00000676. The lowest BCUT2D eigenvalue weighted by Gasteiger charge is -2.30. The van der Waals surface area contributed by atoms with E-state index in [9.17, 15) is 4.79 Å². The molecule has 0 fully saturated rings. The van der Waals surface area contributed by atoms with Gasteiger partial charge < -0.3 is 25.4 Å². The van der Waals surface area contributed by atoms with Crippen LogP contribution in [0.1, 0.15) is 26.3 Å². The minimum atomic E-state index is -0.108. The predicted octanol–water partition coefficient (Wildman–Crippen LogP) is 2.16. The molecule has 0 aliphatic carbocycles. The minimum absolute atomic E-state index is 0. The summed E-state index contributed by atoms with van der Waals surface area (Å²) in [6.07, 6.45) is 0.0324. The summed E-state index contributed by atoms with van der Waals surface area (Å²) in [5.74, 6) is 1.25. The fourth-order valence-corrected chi connectivity index (χ4v) is 2.32. The van der Waals surface area contributed by atoms with Crippen molar-refractivity contribution in [3.8, 4) is 5.75 Å². The van der Waals surface area contributed by atoms with Gasteiger partial charge in [0.2, 0.25) is 5.91 Å². The number of rotatable bonds is 8. The highest BCUT2D eigenvalue weighted by Crippen LogP contribution is 2.20. The predicted molar refractivity (Wildman–Crippen MR) is 120 cm³/mol. The number of ether oxygens (including phenoxy) is 2. The quantitative estimate of drug-likeness (QED) is 0.294. The van der Waals surface area contributed by atoms with Gasteiger partial charge in [-0.15, -0.1) is 24.0 Å². The van der Waals surface area contributed by atoms with Crippen molar-refractivity contribution in [2.24, 2.45) is 10.4 Å². The molecule has 0 saturated carbocycles. The first-order valence-electron chi connectivity index (χ1n) is 8.67. The molecule has 27 heavy (non-hydrogen) atoms. The topological polar surface area (TPSA) is 84.0 Å². The largest absolute Gasteiger partial charge is 0.497 e. The van der Waals surface area contributed by atoms with Crippen LogP contribution < -0.4 is 20.7 Å². The van der Waals surface area contributed by atoms with E-state index in [0.29, 0.717) is 19.0 Å². The SMILES string of the molecule is CN=C(NCC(=O)NCc1ccc(OC)cc1)NCC(OC)C(C)(C)C.I. The van der Waals surface area contributed by atoms with E-state index in [0.717, 1.165) is 11.3 Å². The van der Waals surface area contributed by atoms with Gasteiger partial charge in [-0.2, -0.15) is 0 Å². The molecule has 1 aromatic carbocycles. The summed E-state index contributed by atoms with van der Waals surface area (Å²) in [5.41, 5.74) is 1.02. The van der Waals surface area contributed by atoms with Gasteiger partial charge in [0.15, 0.2) is 5.96 Å². The monoisotopic (exact) mass is 492 g/mol. The second-order valence-electron chi connectivity index (χ2n) is 7.02. The molecule has 0 bridgehead atoms. The molecule has 1 atom stereocenters. The number of carbonyl (C=O) groups excluding carboxylic acids is 1. The van der Waals surface area contributed by atoms with Crippen molar-refractivity contribution in [1.82, 2.24) is 16.0 Å². The Bertz CT molecular complexity index is 586. The highest BCUT2D eigenvalue weighted by Gasteiger charge is 2.24. The molecule has 7 nitrogen and oxygen atoms in total. The number of halogens is 1. The van der Waals surface area contributed by atoms with Gasteiger partial charge in [0.1, 0.15) is 5.75 Å². The molecule has 3 N–H and O–H groups in total. The molecule has 1 unspecified atom stereocenters. The van der Waals surface area contributed by atoms with Crippen molar-refractivity contribution < 1.29 is 14.3 Å². The Morgan fingerprint density at radius 1 is 1.11 bits per heavy atom. The molecule has 1 aromatic rings. The number of carbonyl (C=O) groups is 1. The molecule has 0 spiro atoms. The van der Waals surface area contributed by atoms with Crippen LogP contribution in [0.3, 0.4) is 0 Å². The van der Waals surface area contributed by atoms with Gasteiger partial charge in [-0.1, -0.05) is 32.9 Å². The van der Waals surface area contributed by atoms with Crippen molar-refractivity contribution >= 4 is 35.8 Å². The summed E-state index contributed by atoms with van der Waals surface area (Å²) in [6.45, 7) is 7.56. The van der Waals surface area contributed by atoms with Crippen molar-refractivity contribution in [3.63, 3.8) is 0 Å². The molecule has 0 aromatic heterocycles. The van der Waals surface area contributed by atoms with Crippen molar-refractivity contribution in [2.45, 2.75) is 33.4 Å². The maximum atomic E-state index is 12.0. The maximum Gasteiger partial charge on any atom is 0.239 e. The van der Waals surface area contributed by atoms with Crippen molar-refractivity contribution in [1.29, 1.82) is 0 Å². The Kier molecular flexibility index (Phi) is 12.0. The van der Waals surface area contributed by atoms with Crippen LogP contribution in [0.2, 0.25) is 0 Å². The molecule has 1 amide bonds. The molecule has 0 heterocycles. The minimum Gasteiger partial charge on any atom is -0.497 e. The zero-order valence-corrected chi connectivity index (χ0v) is 19.4. The normalized spacial score (nSPS) is 12.6. The first kappa shape index (κ1) is 25.4. The van der Waals surface area contributed by atoms with E-state index >= 15 is 0 Å². The standard InChI is InChI=1S/C19H32N4O3.HI/c1-19(2,3)16(26-6)12-22-18(20-4)23-13-17(24)21-11-14-7-9-15(25-5)10-8-14;/h7-10,16H,11-13H2,1-6H3,(H,21,24)(H2,20,22,23);1H. The number of hydrogen-bond acceptors (Lipinski definition) is 4. The van der Waals surface area contributed by atoms with E-state index in [1.807, 2.05) is 24.3 Å². The van der Waals surface area contributed by atoms with E-state index in [4.69, 9.17) is 9.47 Å². The van der Waals surface area contributed by atoms with E-state index in [1.54, 1.807) is 21.3 Å². The fraction of sp³-hybridized carbons (Fsp3) is 0.579. The van der Waals surface area contributed by atoms with Gasteiger partial charge in [-0.05, 0) is 23.1 Å². The molecular formula is C19H33IN4O3. The maximum absolute atomic E-state index is 12.0. The second-order valence-corrected chi connectivity index (χ2v) is 7.02. The van der Waals surface area contributed by atoms with Gasteiger partial charge in [0.25, 0.3) is 0 Å².